The minimum atomic E-state index is 0.961. The maximum Gasteiger partial charge on any atom is 0.0582 e. The standard InChI is InChI=1S/C11H8Br2N2/c12-8-2-1-3-10(4-8)15-11-5-9(13)6-14-7-11/h1-7,15H. The molecule has 0 amide bonds. The van der Waals surface area contributed by atoms with Gasteiger partial charge in [0.05, 0.1) is 11.9 Å². The summed E-state index contributed by atoms with van der Waals surface area (Å²) in [5, 5.41) is 3.26. The van der Waals surface area contributed by atoms with Crippen LogP contribution in [0.4, 0.5) is 11.4 Å². The molecular weight excluding hydrogens is 320 g/mol. The Kier molecular flexibility index (Phi) is 3.38. The molecule has 0 aliphatic heterocycles. The maximum absolute atomic E-state index is 4.08. The third-order valence-corrected chi connectivity index (χ3v) is 2.75. The van der Waals surface area contributed by atoms with E-state index in [-0.39, 0.29) is 0 Å². The lowest BCUT2D eigenvalue weighted by Gasteiger charge is -2.06. The first-order valence-electron chi connectivity index (χ1n) is 4.37. The molecule has 0 fully saturated rings. The van der Waals surface area contributed by atoms with Gasteiger partial charge in [-0.3, -0.25) is 4.98 Å². The Morgan fingerprint density at radius 1 is 0.933 bits per heavy atom. The van der Waals surface area contributed by atoms with Gasteiger partial charge in [-0.1, -0.05) is 22.0 Å². The van der Waals surface area contributed by atoms with Crippen molar-refractivity contribution < 1.29 is 0 Å². The average molecular weight is 328 g/mol. The molecule has 1 heterocycles. The van der Waals surface area contributed by atoms with Crippen molar-refractivity contribution in [2.24, 2.45) is 0 Å². The molecule has 1 N–H and O–H groups in total. The molecule has 0 atom stereocenters. The fourth-order valence-corrected chi connectivity index (χ4v) is 1.98. The van der Waals surface area contributed by atoms with E-state index < -0.39 is 0 Å². The molecule has 2 nitrogen and oxygen atoms in total. The summed E-state index contributed by atoms with van der Waals surface area (Å²) in [5.41, 5.74) is 1.99. The molecule has 0 saturated carbocycles. The zero-order valence-electron chi connectivity index (χ0n) is 7.74. The van der Waals surface area contributed by atoms with Crippen LogP contribution in [-0.2, 0) is 0 Å². The van der Waals surface area contributed by atoms with Crippen molar-refractivity contribution in [3.8, 4) is 0 Å². The van der Waals surface area contributed by atoms with Crippen LogP contribution in [0.3, 0.4) is 0 Å². The molecule has 2 aromatic rings. The van der Waals surface area contributed by atoms with Gasteiger partial charge in [0.1, 0.15) is 0 Å². The van der Waals surface area contributed by atoms with Crippen LogP contribution >= 0.6 is 31.9 Å². The average Bonchev–Trinajstić information content (AvgIpc) is 2.17. The van der Waals surface area contributed by atoms with Gasteiger partial charge in [-0.2, -0.15) is 0 Å². The fraction of sp³-hybridized carbons (Fsp3) is 0. The van der Waals surface area contributed by atoms with Crippen molar-refractivity contribution >= 4 is 43.2 Å². The van der Waals surface area contributed by atoms with E-state index in [1.54, 1.807) is 12.4 Å². The zero-order valence-corrected chi connectivity index (χ0v) is 10.9. The molecule has 1 aromatic heterocycles. The van der Waals surface area contributed by atoms with E-state index in [1.807, 2.05) is 30.3 Å². The van der Waals surface area contributed by atoms with E-state index in [9.17, 15) is 0 Å². The molecule has 0 radical (unpaired) electrons. The molecular formula is C11H8Br2N2. The van der Waals surface area contributed by atoms with Crippen LogP contribution < -0.4 is 5.32 Å². The predicted octanol–water partition coefficient (Wildman–Crippen LogP) is 4.35. The second-order valence-corrected chi connectivity index (χ2v) is 4.86. The first-order valence-corrected chi connectivity index (χ1v) is 5.96. The van der Waals surface area contributed by atoms with E-state index >= 15 is 0 Å². The molecule has 1 aromatic carbocycles. The Morgan fingerprint density at radius 3 is 2.47 bits per heavy atom. The predicted molar refractivity (Wildman–Crippen MR) is 69.4 cm³/mol. The SMILES string of the molecule is Brc1cccc(Nc2cncc(Br)c2)c1. The summed E-state index contributed by atoms with van der Waals surface area (Å²) in [6, 6.07) is 9.97. The molecule has 2 rings (SSSR count). The van der Waals surface area contributed by atoms with Gasteiger partial charge in [-0.15, -0.1) is 0 Å². The van der Waals surface area contributed by atoms with E-state index in [1.165, 1.54) is 0 Å². The molecule has 4 heteroatoms. The number of anilines is 2. The van der Waals surface area contributed by atoms with Gasteiger partial charge >= 0.3 is 0 Å². The van der Waals surface area contributed by atoms with Gasteiger partial charge in [0.15, 0.2) is 0 Å². The molecule has 0 aliphatic rings. The summed E-state index contributed by atoms with van der Waals surface area (Å²) in [7, 11) is 0. The Hall–Kier alpha value is -0.870. The monoisotopic (exact) mass is 326 g/mol. The van der Waals surface area contributed by atoms with E-state index in [4.69, 9.17) is 0 Å². The minimum absolute atomic E-state index is 0.961. The normalized spacial score (nSPS) is 10.0. The second kappa shape index (κ2) is 4.77. The second-order valence-electron chi connectivity index (χ2n) is 3.03. The van der Waals surface area contributed by atoms with Crippen molar-refractivity contribution in [1.29, 1.82) is 0 Å². The highest BCUT2D eigenvalue weighted by molar-refractivity contribution is 9.10. The van der Waals surface area contributed by atoms with Gasteiger partial charge in [0, 0.05) is 20.8 Å². The molecule has 0 unspecified atom stereocenters. The van der Waals surface area contributed by atoms with Crippen molar-refractivity contribution in [2.75, 3.05) is 5.32 Å². The summed E-state index contributed by atoms with van der Waals surface area (Å²) < 4.78 is 2.01. The van der Waals surface area contributed by atoms with Crippen molar-refractivity contribution in [3.63, 3.8) is 0 Å². The van der Waals surface area contributed by atoms with Crippen LogP contribution in [0.25, 0.3) is 0 Å². The number of nitrogens with zero attached hydrogens (tertiary/aromatic N) is 1. The van der Waals surface area contributed by atoms with Crippen LogP contribution in [0.1, 0.15) is 0 Å². The Morgan fingerprint density at radius 2 is 1.73 bits per heavy atom. The summed E-state index contributed by atoms with van der Waals surface area (Å²) in [6.45, 7) is 0. The van der Waals surface area contributed by atoms with E-state index in [0.29, 0.717) is 0 Å². The van der Waals surface area contributed by atoms with Gasteiger partial charge < -0.3 is 5.32 Å². The Balaban J connectivity index is 2.22. The third kappa shape index (κ3) is 3.04. The molecule has 0 bridgehead atoms. The Bertz CT molecular complexity index is 428. The molecule has 0 aliphatic carbocycles. The lowest BCUT2D eigenvalue weighted by molar-refractivity contribution is 1.30. The van der Waals surface area contributed by atoms with Gasteiger partial charge in [-0.05, 0) is 40.2 Å². The quantitative estimate of drug-likeness (QED) is 0.887. The number of nitrogens with one attached hydrogen (secondary N) is 1. The number of benzene rings is 1. The summed E-state index contributed by atoms with van der Waals surface area (Å²) >= 11 is 6.80. The lowest BCUT2D eigenvalue weighted by Crippen LogP contribution is -1.90. The molecule has 15 heavy (non-hydrogen) atoms. The summed E-state index contributed by atoms with van der Waals surface area (Å²) in [6.07, 6.45) is 3.54. The highest BCUT2D eigenvalue weighted by Crippen LogP contribution is 2.21. The zero-order chi connectivity index (χ0) is 10.7. The van der Waals surface area contributed by atoms with Gasteiger partial charge in [-0.25, -0.2) is 0 Å². The van der Waals surface area contributed by atoms with Crippen molar-refractivity contribution in [3.05, 3.63) is 51.7 Å². The lowest BCUT2D eigenvalue weighted by atomic mass is 10.3. The van der Waals surface area contributed by atoms with Crippen LogP contribution in [0.5, 0.6) is 0 Å². The highest BCUT2D eigenvalue weighted by atomic mass is 79.9. The number of halogens is 2. The first kappa shape index (κ1) is 10.6. The Labute approximate surface area is 105 Å². The van der Waals surface area contributed by atoms with Crippen LogP contribution in [0.15, 0.2) is 51.7 Å². The number of hydrogen-bond donors (Lipinski definition) is 1. The van der Waals surface area contributed by atoms with Crippen LogP contribution in [-0.4, -0.2) is 4.98 Å². The van der Waals surface area contributed by atoms with Gasteiger partial charge in [0.25, 0.3) is 0 Å². The van der Waals surface area contributed by atoms with Gasteiger partial charge in [0.2, 0.25) is 0 Å². The first-order chi connectivity index (χ1) is 7.24. The number of rotatable bonds is 2. The maximum atomic E-state index is 4.08. The molecule has 0 spiro atoms. The van der Waals surface area contributed by atoms with Crippen molar-refractivity contribution in [2.45, 2.75) is 0 Å². The van der Waals surface area contributed by atoms with E-state index in [0.717, 1.165) is 20.3 Å². The molecule has 76 valence electrons. The van der Waals surface area contributed by atoms with Crippen molar-refractivity contribution in [1.82, 2.24) is 4.98 Å². The van der Waals surface area contributed by atoms with Crippen LogP contribution in [0.2, 0.25) is 0 Å². The highest BCUT2D eigenvalue weighted by Gasteiger charge is 1.96. The summed E-state index contributed by atoms with van der Waals surface area (Å²) in [4.78, 5) is 4.08. The minimum Gasteiger partial charge on any atom is -0.354 e. The number of pyridine rings is 1. The topological polar surface area (TPSA) is 24.9 Å². The third-order valence-electron chi connectivity index (χ3n) is 1.82. The van der Waals surface area contributed by atoms with Crippen LogP contribution in [0, 0.1) is 0 Å². The largest absolute Gasteiger partial charge is 0.354 e. The fourth-order valence-electron chi connectivity index (χ4n) is 1.21. The molecule has 0 saturated heterocycles. The van der Waals surface area contributed by atoms with E-state index in [2.05, 4.69) is 42.2 Å². The number of hydrogen-bond acceptors (Lipinski definition) is 2. The smallest absolute Gasteiger partial charge is 0.0582 e. The summed E-state index contributed by atoms with van der Waals surface area (Å²) in [5.74, 6) is 0. The number of aromatic nitrogens is 1.